The van der Waals surface area contributed by atoms with E-state index in [1.807, 2.05) is 36.4 Å². The van der Waals surface area contributed by atoms with Crippen LogP contribution in [0.4, 0.5) is 17.6 Å². The highest BCUT2D eigenvalue weighted by molar-refractivity contribution is 7.34. The molecule has 0 bridgehead atoms. The predicted octanol–water partition coefficient (Wildman–Crippen LogP) is 21.2. The lowest BCUT2D eigenvalue weighted by atomic mass is 9.99. The molecule has 9 rings (SSSR count). The molecule has 0 saturated heterocycles. The van der Waals surface area contributed by atoms with Crippen LogP contribution >= 0.6 is 45.3 Å². The van der Waals surface area contributed by atoms with Gasteiger partial charge in [-0.25, -0.2) is 17.6 Å². The van der Waals surface area contributed by atoms with E-state index < -0.39 is 42.9 Å². The van der Waals surface area contributed by atoms with Gasteiger partial charge in [0, 0.05) is 62.7 Å². The van der Waals surface area contributed by atoms with Crippen LogP contribution in [0, 0.1) is 92.3 Å². The Labute approximate surface area is 550 Å². The molecule has 4 unspecified atom stereocenters. The number of hydrogen-bond donors (Lipinski definition) is 0. The molecule has 91 heavy (non-hydrogen) atoms. The summed E-state index contributed by atoms with van der Waals surface area (Å²) in [5.41, 5.74) is -1.11. The van der Waals surface area contributed by atoms with Crippen LogP contribution in [0.5, 0.6) is 11.5 Å². The Balaban J connectivity index is 1.27. The van der Waals surface area contributed by atoms with Gasteiger partial charge in [-0.15, -0.1) is 45.3 Å². The van der Waals surface area contributed by atoms with Crippen LogP contribution in [0.25, 0.3) is 52.6 Å². The van der Waals surface area contributed by atoms with E-state index in [9.17, 15) is 48.2 Å². The molecule has 0 saturated carbocycles. The molecule has 6 aromatic rings. The van der Waals surface area contributed by atoms with E-state index in [4.69, 9.17) is 9.47 Å². The van der Waals surface area contributed by atoms with Gasteiger partial charge in [-0.2, -0.15) is 21.0 Å². The van der Waals surface area contributed by atoms with E-state index in [-0.39, 0.29) is 67.5 Å². The second-order valence-electron chi connectivity index (χ2n) is 24.5. The van der Waals surface area contributed by atoms with Crippen molar-refractivity contribution < 1.29 is 36.6 Å². The van der Waals surface area contributed by atoms with Crippen LogP contribution in [0.1, 0.15) is 200 Å². The summed E-state index contributed by atoms with van der Waals surface area (Å²) in [4.78, 5) is 36.1. The third kappa shape index (κ3) is 14.0. The van der Waals surface area contributed by atoms with Crippen molar-refractivity contribution in [2.75, 3.05) is 13.2 Å². The van der Waals surface area contributed by atoms with Gasteiger partial charge in [-0.05, 0) is 131 Å². The highest BCUT2D eigenvalue weighted by Crippen LogP contribution is 2.54. The zero-order chi connectivity index (χ0) is 65.3. The van der Waals surface area contributed by atoms with Gasteiger partial charge in [0.25, 0.3) is 0 Å². The summed E-state index contributed by atoms with van der Waals surface area (Å²) in [7, 11) is -2.75. The number of unbranched alkanes of at least 4 members (excludes halogenated alkanes) is 4. The predicted molar refractivity (Wildman–Crippen MR) is 367 cm³/mol. The number of halogens is 4. The molecule has 0 N–H and O–H groups in total. The van der Waals surface area contributed by atoms with Gasteiger partial charge in [0.05, 0.1) is 23.0 Å². The zero-order valence-electron chi connectivity index (χ0n) is 53.3. The Morgan fingerprint density at radius 3 is 1.11 bits per heavy atom. The van der Waals surface area contributed by atoms with Crippen LogP contribution in [0.2, 0.25) is 12.1 Å². The van der Waals surface area contributed by atoms with Crippen molar-refractivity contribution in [1.29, 1.82) is 21.0 Å². The molecule has 2 aliphatic carbocycles. The van der Waals surface area contributed by atoms with Gasteiger partial charge in [-0.3, -0.25) is 9.59 Å². The SMILES string of the molecule is CCCCC(CC)COc1cc(/C=C2\C(=O)c3cc(F)c(F)cc3C2=C(C#N)C#N)sc1-c1cc2c(s1)-c1sc(-c3sc(/C=C4\C(=O)c5cc(F)c(F)cc5C4=C(C#N)C#N)cc3OCC(CC)CCCC)cc1[Si]2(CC(CC)CCCC)CC(CC)CCCC. The van der Waals surface area contributed by atoms with E-state index >= 15 is 0 Å². The maximum Gasteiger partial charge on any atom is 0.194 e. The first-order valence-electron chi connectivity index (χ1n) is 32.5. The first-order valence-corrected chi connectivity index (χ1v) is 38.1. The Morgan fingerprint density at radius 2 is 0.791 bits per heavy atom. The fourth-order valence-corrected chi connectivity index (χ4v) is 26.1. The summed E-state index contributed by atoms with van der Waals surface area (Å²) in [6.07, 6.45) is 20.0. The Bertz CT molecular complexity index is 3770. The van der Waals surface area contributed by atoms with Gasteiger partial charge in [0.1, 0.15) is 55.0 Å². The van der Waals surface area contributed by atoms with E-state index in [1.54, 1.807) is 34.8 Å². The Kier molecular flexibility index (Phi) is 23.0. The number of benzene rings is 2. The number of ether oxygens (including phenoxy) is 2. The molecular formula is C74H78F4N4O4S4Si. The fraction of sp³-hybridized carbons (Fsp3) is 0.432. The average molecular weight is 1320 g/mol. The molecule has 1 aliphatic heterocycles. The van der Waals surface area contributed by atoms with E-state index in [2.05, 4.69) is 67.5 Å². The number of nitriles is 4. The van der Waals surface area contributed by atoms with Crippen LogP contribution in [-0.2, 0) is 0 Å². The molecule has 2 aromatic carbocycles. The van der Waals surface area contributed by atoms with Crippen molar-refractivity contribution in [1.82, 2.24) is 0 Å². The number of hydrogen-bond acceptors (Lipinski definition) is 12. The Morgan fingerprint density at radius 1 is 0.462 bits per heavy atom. The molecule has 474 valence electrons. The van der Waals surface area contributed by atoms with E-state index in [0.717, 1.165) is 159 Å². The number of allylic oxidation sites excluding steroid dienone is 6. The van der Waals surface area contributed by atoms with Crippen molar-refractivity contribution in [3.8, 4) is 65.0 Å². The number of thiophene rings is 4. The van der Waals surface area contributed by atoms with Gasteiger partial charge in [0.15, 0.2) is 34.8 Å². The normalized spacial score (nSPS) is 16.9. The largest absolute Gasteiger partial charge is 0.492 e. The summed E-state index contributed by atoms with van der Waals surface area (Å²) in [5, 5.41) is 43.6. The topological polar surface area (TPSA) is 148 Å². The molecular weight excluding hydrogens is 1240 g/mol. The molecule has 0 spiro atoms. The third-order valence-electron chi connectivity index (χ3n) is 18.7. The lowest BCUT2D eigenvalue weighted by molar-refractivity contribution is 0.103. The number of Topliss-reactive ketones (excluding diaryl/α,β-unsaturated/α-hetero) is 2. The summed E-state index contributed by atoms with van der Waals surface area (Å²) in [6.45, 7) is 18.8. The lowest BCUT2D eigenvalue weighted by Gasteiger charge is -2.35. The van der Waals surface area contributed by atoms with Crippen LogP contribution in [-0.4, -0.2) is 32.9 Å². The molecule has 17 heteroatoms. The molecule has 0 fully saturated rings. The lowest BCUT2D eigenvalue weighted by Crippen LogP contribution is -2.56. The number of ketones is 2. The summed E-state index contributed by atoms with van der Waals surface area (Å²) >= 11 is 6.38. The summed E-state index contributed by atoms with van der Waals surface area (Å²) in [6, 6.07) is 21.9. The number of carbonyl (C=O) groups is 2. The maximum atomic E-state index is 15.0. The average Bonchev–Trinajstić information content (AvgIpc) is 1.55. The highest BCUT2D eigenvalue weighted by atomic mass is 32.1. The molecule has 0 amide bonds. The van der Waals surface area contributed by atoms with Crippen molar-refractivity contribution in [3.63, 3.8) is 0 Å². The number of fused-ring (bicyclic) bond motifs is 5. The monoisotopic (exact) mass is 1320 g/mol. The third-order valence-corrected chi connectivity index (χ3v) is 29.4. The van der Waals surface area contributed by atoms with Crippen molar-refractivity contribution in [2.24, 2.45) is 23.7 Å². The van der Waals surface area contributed by atoms with E-state index in [0.29, 0.717) is 46.3 Å². The van der Waals surface area contributed by atoms with E-state index in [1.165, 1.54) is 42.8 Å². The minimum atomic E-state index is -2.75. The minimum absolute atomic E-state index is 0.00258. The quantitative estimate of drug-likeness (QED) is 0.0187. The molecule has 3 aliphatic rings. The fourth-order valence-electron chi connectivity index (χ4n) is 13.4. The number of carbonyl (C=O) groups excluding carboxylic acids is 2. The minimum Gasteiger partial charge on any atom is -0.492 e. The van der Waals surface area contributed by atoms with Crippen molar-refractivity contribution >= 4 is 98.7 Å². The second kappa shape index (κ2) is 30.6. The van der Waals surface area contributed by atoms with Crippen molar-refractivity contribution in [3.05, 3.63) is 126 Å². The van der Waals surface area contributed by atoms with Gasteiger partial charge >= 0.3 is 0 Å². The van der Waals surface area contributed by atoms with Crippen LogP contribution in [0.15, 0.2) is 70.8 Å². The number of rotatable bonds is 30. The standard InChI is InChI=1S/C74H78F4N4O4S4Si/c1-9-17-21-43(13-5)39-85-61-27-49(25-55-67(47(35-79)36-80)51-29-57(75)59(77)31-53(51)69(55)83)87-71(61)63-33-65-73(89-63)74-66(91(65,41-45(15-7)23-19-11-3)42-46(16-8)24-20-12-4)34-64(90-74)72-62(86-40-44(14-6)22-18-10-2)28-50(88-72)26-56-68(48(37-81)38-82)52-30-58(76)60(78)32-54(52)70(56)84/h25-34,43-46H,9-24,39-42H2,1-8H3/b55-25-,56-26-. The molecule has 8 nitrogen and oxygen atoms in total. The zero-order valence-corrected chi connectivity index (χ0v) is 57.6. The van der Waals surface area contributed by atoms with Gasteiger partial charge in [0.2, 0.25) is 0 Å². The Hall–Kier alpha value is -6.96. The van der Waals surface area contributed by atoms with Crippen LogP contribution < -0.4 is 19.8 Å². The highest BCUT2D eigenvalue weighted by Gasteiger charge is 2.50. The van der Waals surface area contributed by atoms with Crippen molar-refractivity contribution in [2.45, 2.75) is 170 Å². The van der Waals surface area contributed by atoms with Crippen LogP contribution in [0.3, 0.4) is 0 Å². The molecule has 5 heterocycles. The first-order chi connectivity index (χ1) is 44.0. The molecule has 0 radical (unpaired) electrons. The van der Waals surface area contributed by atoms with Gasteiger partial charge < -0.3 is 9.47 Å². The molecule has 4 aromatic heterocycles. The summed E-state index contributed by atoms with van der Waals surface area (Å²) < 4.78 is 73.5. The summed E-state index contributed by atoms with van der Waals surface area (Å²) in [5.74, 6) is -3.30. The molecule has 4 atom stereocenters. The number of nitrogens with zero attached hydrogens (tertiary/aromatic N) is 4. The first kappa shape index (κ1) is 68.4. The maximum absolute atomic E-state index is 15.0. The smallest absolute Gasteiger partial charge is 0.194 e. The second-order valence-corrected chi connectivity index (χ2v) is 32.8. The van der Waals surface area contributed by atoms with Gasteiger partial charge in [-0.1, -0.05) is 145 Å².